The number of hydrogen-bond acceptors (Lipinski definition) is 7. The molecule has 1 aromatic carbocycles. The average Bonchev–Trinajstić information content (AvgIpc) is 3.23. The number of carbonyl (C=O) groups is 1. The minimum Gasteiger partial charge on any atom is -0.394 e. The maximum Gasteiger partial charge on any atom is 0.247 e. The molecule has 0 atom stereocenters. The molecule has 0 aliphatic carbocycles. The Labute approximate surface area is 185 Å². The topological polar surface area (TPSA) is 117 Å². The second-order valence-corrected chi connectivity index (χ2v) is 7.81. The van der Waals surface area contributed by atoms with Crippen LogP contribution in [-0.4, -0.2) is 37.4 Å². The molecule has 31 heavy (non-hydrogen) atoms. The van der Waals surface area contributed by atoms with Gasteiger partial charge in [0, 0.05) is 18.4 Å². The maximum atomic E-state index is 11.5. The number of aliphatic hydroxyl groups excluding tert-OH is 1. The van der Waals surface area contributed by atoms with E-state index in [0.29, 0.717) is 34.7 Å². The molecule has 0 aliphatic rings. The molecule has 9 nitrogen and oxygen atoms in total. The van der Waals surface area contributed by atoms with E-state index in [2.05, 4.69) is 37.6 Å². The standard InChI is InChI=1S/C21H24ClN7O2/c1-4-18(31)26-15-7-5-6-14(8-15)9-23-19-17(22)11-24-20(28-19)27-16-10-25-29(12-16)21(2,3)13-30/h4-8,10-12,30H,1,9,13H2,2-3H3,(H,26,31)(H2,23,24,27,28). The highest BCUT2D eigenvalue weighted by Crippen LogP contribution is 2.23. The van der Waals surface area contributed by atoms with Crippen molar-refractivity contribution in [2.45, 2.75) is 25.9 Å². The molecule has 0 aliphatic heterocycles. The first-order chi connectivity index (χ1) is 14.8. The van der Waals surface area contributed by atoms with Crippen molar-refractivity contribution in [3.63, 3.8) is 0 Å². The molecule has 0 saturated heterocycles. The number of halogens is 1. The first kappa shape index (κ1) is 22.3. The average molecular weight is 442 g/mol. The number of benzene rings is 1. The number of anilines is 4. The Morgan fingerprint density at radius 3 is 2.87 bits per heavy atom. The summed E-state index contributed by atoms with van der Waals surface area (Å²) in [4.78, 5) is 20.1. The van der Waals surface area contributed by atoms with Gasteiger partial charge in [-0.25, -0.2) is 4.98 Å². The molecule has 10 heteroatoms. The smallest absolute Gasteiger partial charge is 0.247 e. The van der Waals surface area contributed by atoms with E-state index in [1.807, 2.05) is 32.0 Å². The van der Waals surface area contributed by atoms with Gasteiger partial charge in [-0.2, -0.15) is 10.1 Å². The molecule has 4 N–H and O–H groups in total. The number of nitrogens with zero attached hydrogens (tertiary/aromatic N) is 4. The van der Waals surface area contributed by atoms with Crippen LogP contribution in [0.4, 0.5) is 23.1 Å². The number of hydrogen-bond donors (Lipinski definition) is 4. The zero-order valence-corrected chi connectivity index (χ0v) is 18.0. The first-order valence-electron chi connectivity index (χ1n) is 9.52. The lowest BCUT2D eigenvalue weighted by Gasteiger charge is -2.21. The fraction of sp³-hybridized carbons (Fsp3) is 0.238. The van der Waals surface area contributed by atoms with E-state index >= 15 is 0 Å². The zero-order valence-electron chi connectivity index (χ0n) is 17.3. The van der Waals surface area contributed by atoms with Crippen LogP contribution in [0.3, 0.4) is 0 Å². The van der Waals surface area contributed by atoms with Gasteiger partial charge in [0.2, 0.25) is 11.9 Å². The number of amides is 1. The van der Waals surface area contributed by atoms with Gasteiger partial charge in [-0.05, 0) is 37.6 Å². The second kappa shape index (κ2) is 9.59. The largest absolute Gasteiger partial charge is 0.394 e. The van der Waals surface area contributed by atoms with Crippen LogP contribution in [0, 0.1) is 0 Å². The van der Waals surface area contributed by atoms with Crippen molar-refractivity contribution in [3.8, 4) is 0 Å². The Bertz CT molecular complexity index is 1080. The van der Waals surface area contributed by atoms with E-state index in [0.717, 1.165) is 5.56 Å². The molecule has 3 aromatic rings. The quantitative estimate of drug-likeness (QED) is 0.375. The summed E-state index contributed by atoms with van der Waals surface area (Å²) >= 11 is 6.24. The van der Waals surface area contributed by atoms with Crippen LogP contribution in [0.5, 0.6) is 0 Å². The highest BCUT2D eigenvalue weighted by atomic mass is 35.5. The van der Waals surface area contributed by atoms with Gasteiger partial charge >= 0.3 is 0 Å². The Hall–Kier alpha value is -3.43. The van der Waals surface area contributed by atoms with Gasteiger partial charge in [0.25, 0.3) is 0 Å². The zero-order chi connectivity index (χ0) is 22.4. The molecule has 2 heterocycles. The predicted molar refractivity (Wildman–Crippen MR) is 122 cm³/mol. The summed E-state index contributed by atoms with van der Waals surface area (Å²) in [6, 6.07) is 7.40. The Kier molecular flexibility index (Phi) is 6.88. The van der Waals surface area contributed by atoms with E-state index in [1.54, 1.807) is 23.1 Å². The highest BCUT2D eigenvalue weighted by molar-refractivity contribution is 6.32. The predicted octanol–water partition coefficient (Wildman–Crippen LogP) is 3.53. The Morgan fingerprint density at radius 2 is 2.13 bits per heavy atom. The molecule has 0 spiro atoms. The Morgan fingerprint density at radius 1 is 1.32 bits per heavy atom. The normalized spacial score (nSPS) is 11.1. The number of aliphatic hydroxyl groups is 1. The third kappa shape index (κ3) is 5.80. The summed E-state index contributed by atoms with van der Waals surface area (Å²) < 4.78 is 1.67. The molecule has 0 unspecified atom stereocenters. The third-order valence-corrected chi connectivity index (χ3v) is 4.71. The van der Waals surface area contributed by atoms with E-state index in [9.17, 15) is 9.90 Å². The van der Waals surface area contributed by atoms with Crippen LogP contribution in [0.15, 0.2) is 55.5 Å². The summed E-state index contributed by atoms with van der Waals surface area (Å²) in [6.07, 6.45) is 6.12. The molecular formula is C21H24ClN7O2. The number of rotatable bonds is 9. The van der Waals surface area contributed by atoms with Crippen LogP contribution in [0.2, 0.25) is 5.02 Å². The lowest BCUT2D eigenvalue weighted by Crippen LogP contribution is -2.30. The first-order valence-corrected chi connectivity index (χ1v) is 9.90. The molecule has 3 rings (SSSR count). The summed E-state index contributed by atoms with van der Waals surface area (Å²) in [7, 11) is 0. The van der Waals surface area contributed by atoms with E-state index in [1.165, 1.54) is 12.3 Å². The lowest BCUT2D eigenvalue weighted by atomic mass is 10.1. The summed E-state index contributed by atoms with van der Waals surface area (Å²) in [6.45, 7) is 7.60. The van der Waals surface area contributed by atoms with Gasteiger partial charge in [-0.3, -0.25) is 9.48 Å². The summed E-state index contributed by atoms with van der Waals surface area (Å²) in [5.74, 6) is 0.536. The van der Waals surface area contributed by atoms with E-state index < -0.39 is 5.54 Å². The van der Waals surface area contributed by atoms with Gasteiger partial charge in [0.1, 0.15) is 5.02 Å². The summed E-state index contributed by atoms with van der Waals surface area (Å²) in [5, 5.41) is 23.1. The van der Waals surface area contributed by atoms with Crippen LogP contribution in [0.25, 0.3) is 0 Å². The van der Waals surface area contributed by atoms with Crippen molar-refractivity contribution in [3.05, 3.63) is 66.1 Å². The number of nitrogens with one attached hydrogen (secondary N) is 3. The van der Waals surface area contributed by atoms with E-state index in [-0.39, 0.29) is 12.5 Å². The van der Waals surface area contributed by atoms with Crippen LogP contribution >= 0.6 is 11.6 Å². The Balaban J connectivity index is 1.69. The third-order valence-electron chi connectivity index (χ3n) is 4.43. The van der Waals surface area contributed by atoms with E-state index in [4.69, 9.17) is 11.6 Å². The fourth-order valence-corrected chi connectivity index (χ4v) is 2.77. The van der Waals surface area contributed by atoms with Crippen molar-refractivity contribution in [2.24, 2.45) is 0 Å². The molecule has 0 radical (unpaired) electrons. The van der Waals surface area contributed by atoms with Gasteiger partial charge in [0.15, 0.2) is 5.82 Å². The monoisotopic (exact) mass is 441 g/mol. The van der Waals surface area contributed by atoms with Gasteiger partial charge in [-0.1, -0.05) is 30.3 Å². The van der Waals surface area contributed by atoms with Crippen molar-refractivity contribution in [1.29, 1.82) is 0 Å². The lowest BCUT2D eigenvalue weighted by molar-refractivity contribution is -0.111. The number of aromatic nitrogens is 4. The maximum absolute atomic E-state index is 11.5. The van der Waals surface area contributed by atoms with Crippen molar-refractivity contribution in [1.82, 2.24) is 19.7 Å². The van der Waals surface area contributed by atoms with Gasteiger partial charge in [0.05, 0.1) is 30.2 Å². The van der Waals surface area contributed by atoms with Crippen molar-refractivity contribution in [2.75, 3.05) is 22.6 Å². The van der Waals surface area contributed by atoms with Crippen LogP contribution in [0.1, 0.15) is 19.4 Å². The SMILES string of the molecule is C=CC(=O)Nc1cccc(CNc2nc(Nc3cnn(C(C)(C)CO)c3)ncc2Cl)c1. The number of carbonyl (C=O) groups excluding carboxylic acids is 1. The van der Waals surface area contributed by atoms with Gasteiger partial charge in [-0.15, -0.1) is 0 Å². The molecule has 2 aromatic heterocycles. The molecule has 0 fully saturated rings. The van der Waals surface area contributed by atoms with Crippen molar-refractivity contribution < 1.29 is 9.90 Å². The van der Waals surface area contributed by atoms with Crippen LogP contribution in [-0.2, 0) is 16.9 Å². The molecule has 0 saturated carbocycles. The van der Waals surface area contributed by atoms with Crippen LogP contribution < -0.4 is 16.0 Å². The molecular weight excluding hydrogens is 418 g/mol. The minimum atomic E-state index is -0.521. The van der Waals surface area contributed by atoms with Crippen molar-refractivity contribution >= 4 is 40.6 Å². The second-order valence-electron chi connectivity index (χ2n) is 7.41. The molecule has 1 amide bonds. The highest BCUT2D eigenvalue weighted by Gasteiger charge is 2.20. The minimum absolute atomic E-state index is 0.0435. The molecule has 162 valence electrons. The summed E-state index contributed by atoms with van der Waals surface area (Å²) in [5.41, 5.74) is 1.76. The molecule has 0 bridgehead atoms. The van der Waals surface area contributed by atoms with Gasteiger partial charge < -0.3 is 21.1 Å². The fourth-order valence-electron chi connectivity index (χ4n) is 2.61.